The van der Waals surface area contributed by atoms with Crippen molar-refractivity contribution in [2.45, 2.75) is 38.1 Å². The summed E-state index contributed by atoms with van der Waals surface area (Å²) in [5.41, 5.74) is 1.24. The quantitative estimate of drug-likeness (QED) is 0.888. The molecule has 2 aromatic rings. The summed E-state index contributed by atoms with van der Waals surface area (Å²) in [6.45, 7) is 0. The Morgan fingerprint density at radius 2 is 2.18 bits per heavy atom. The van der Waals surface area contributed by atoms with Crippen LogP contribution in [0.15, 0.2) is 28.9 Å². The van der Waals surface area contributed by atoms with Crippen LogP contribution in [0.1, 0.15) is 38.7 Å². The summed E-state index contributed by atoms with van der Waals surface area (Å²) in [5.74, 6) is -0.845. The predicted molar refractivity (Wildman–Crippen MR) is 82.3 cm³/mol. The molecule has 2 N–H and O–H groups in total. The van der Waals surface area contributed by atoms with E-state index in [9.17, 15) is 14.7 Å². The van der Waals surface area contributed by atoms with Crippen molar-refractivity contribution in [2.24, 2.45) is 0 Å². The van der Waals surface area contributed by atoms with E-state index >= 15 is 0 Å². The second-order valence-electron chi connectivity index (χ2n) is 5.41. The monoisotopic (exact) mass is 319 g/mol. The van der Waals surface area contributed by atoms with Crippen LogP contribution < -0.4 is 5.32 Å². The van der Waals surface area contributed by atoms with Crippen molar-refractivity contribution < 1.29 is 19.1 Å². The molecule has 6 heteroatoms. The number of nitrogens with one attached hydrogen (secondary N) is 1. The van der Waals surface area contributed by atoms with Crippen LogP contribution in [0.4, 0.5) is 0 Å². The Morgan fingerprint density at radius 1 is 1.36 bits per heavy atom. The van der Waals surface area contributed by atoms with Crippen molar-refractivity contribution in [3.8, 4) is 0 Å². The van der Waals surface area contributed by atoms with Gasteiger partial charge in [-0.1, -0.05) is 0 Å². The molecule has 0 saturated carbocycles. The lowest BCUT2D eigenvalue weighted by Gasteiger charge is -2.12. The number of hydrogen-bond donors (Lipinski definition) is 2. The normalized spacial score (nSPS) is 15.1. The standard InChI is InChI=1S/C16H17NO4S/c18-15(14-8-10-4-1-2-6-13(10)22-14)17-12(16(19)20)9-11-5-3-7-21-11/h3,5,7-8,12H,1-2,4,6,9H2,(H,17,18)(H,19,20)/t12-/m1/s1. The number of thiophene rings is 1. The maximum atomic E-state index is 12.3. The Bertz CT molecular complexity index is 651. The van der Waals surface area contributed by atoms with E-state index < -0.39 is 12.0 Å². The first-order valence-corrected chi connectivity index (χ1v) is 8.13. The number of hydrogen-bond acceptors (Lipinski definition) is 4. The van der Waals surface area contributed by atoms with Crippen molar-refractivity contribution in [3.63, 3.8) is 0 Å². The molecule has 1 aliphatic rings. The fourth-order valence-corrected chi connectivity index (χ4v) is 3.82. The van der Waals surface area contributed by atoms with E-state index in [-0.39, 0.29) is 12.3 Å². The van der Waals surface area contributed by atoms with E-state index in [1.165, 1.54) is 28.0 Å². The van der Waals surface area contributed by atoms with Gasteiger partial charge in [-0.05, 0) is 49.4 Å². The van der Waals surface area contributed by atoms with E-state index in [4.69, 9.17) is 4.42 Å². The van der Waals surface area contributed by atoms with Gasteiger partial charge in [0.1, 0.15) is 11.8 Å². The number of aryl methyl sites for hydroxylation is 2. The molecular formula is C16H17NO4S. The Kier molecular flexibility index (Phi) is 4.29. The summed E-state index contributed by atoms with van der Waals surface area (Å²) in [4.78, 5) is 25.5. The first kappa shape index (κ1) is 14.8. The number of carboxylic acid groups (broad SMARTS) is 1. The Hall–Kier alpha value is -2.08. The van der Waals surface area contributed by atoms with E-state index in [1.807, 2.05) is 6.07 Å². The molecule has 0 aliphatic heterocycles. The number of amides is 1. The number of furan rings is 1. The molecule has 0 unspecified atom stereocenters. The largest absolute Gasteiger partial charge is 0.480 e. The molecule has 5 nitrogen and oxygen atoms in total. The first-order chi connectivity index (χ1) is 10.6. The zero-order valence-electron chi connectivity index (χ0n) is 12.0. The zero-order valence-corrected chi connectivity index (χ0v) is 12.8. The molecule has 1 amide bonds. The van der Waals surface area contributed by atoms with Crippen LogP contribution in [0.25, 0.3) is 0 Å². The Morgan fingerprint density at radius 3 is 2.86 bits per heavy atom. The average molecular weight is 319 g/mol. The van der Waals surface area contributed by atoms with Gasteiger partial charge in [0.2, 0.25) is 0 Å². The summed E-state index contributed by atoms with van der Waals surface area (Å²) in [7, 11) is 0. The molecular weight excluding hydrogens is 302 g/mol. The summed E-state index contributed by atoms with van der Waals surface area (Å²) < 4.78 is 5.16. The predicted octanol–water partition coefficient (Wildman–Crippen LogP) is 2.65. The molecule has 0 spiro atoms. The van der Waals surface area contributed by atoms with Gasteiger partial charge in [0.05, 0.1) is 11.1 Å². The zero-order chi connectivity index (χ0) is 15.5. The summed E-state index contributed by atoms with van der Waals surface area (Å²) in [6, 6.07) is 4.31. The highest BCUT2D eigenvalue weighted by Gasteiger charge is 2.24. The third-order valence-electron chi connectivity index (χ3n) is 3.81. The van der Waals surface area contributed by atoms with Gasteiger partial charge in [0.15, 0.2) is 0 Å². The van der Waals surface area contributed by atoms with Gasteiger partial charge in [-0.2, -0.15) is 0 Å². The van der Waals surface area contributed by atoms with Crippen molar-refractivity contribution in [1.82, 2.24) is 5.32 Å². The van der Waals surface area contributed by atoms with Crippen molar-refractivity contribution in [3.05, 3.63) is 45.5 Å². The van der Waals surface area contributed by atoms with Gasteiger partial charge in [-0.15, -0.1) is 11.3 Å². The second-order valence-corrected chi connectivity index (χ2v) is 6.55. The van der Waals surface area contributed by atoms with Crippen LogP contribution in [0.5, 0.6) is 0 Å². The van der Waals surface area contributed by atoms with Gasteiger partial charge in [-0.25, -0.2) is 4.79 Å². The topological polar surface area (TPSA) is 79.5 Å². The minimum Gasteiger partial charge on any atom is -0.480 e. The third-order valence-corrected chi connectivity index (χ3v) is 5.05. The molecule has 0 saturated heterocycles. The average Bonchev–Trinajstić information content (AvgIpc) is 3.15. The second kappa shape index (κ2) is 6.36. The fraction of sp³-hybridized carbons (Fsp3) is 0.375. The molecule has 1 atom stereocenters. The number of carbonyl (C=O) groups is 2. The molecule has 116 valence electrons. The van der Waals surface area contributed by atoms with Crippen LogP contribution in [0.2, 0.25) is 0 Å². The molecule has 0 bridgehead atoms. The molecule has 2 heterocycles. The van der Waals surface area contributed by atoms with Gasteiger partial charge < -0.3 is 14.8 Å². The summed E-state index contributed by atoms with van der Waals surface area (Å²) in [5, 5.41) is 11.9. The van der Waals surface area contributed by atoms with Crippen LogP contribution in [-0.4, -0.2) is 23.0 Å². The maximum Gasteiger partial charge on any atom is 0.326 e. The van der Waals surface area contributed by atoms with Gasteiger partial charge >= 0.3 is 5.97 Å². The van der Waals surface area contributed by atoms with E-state index in [0.717, 1.165) is 25.7 Å². The van der Waals surface area contributed by atoms with E-state index in [2.05, 4.69) is 5.32 Å². The third kappa shape index (κ3) is 3.22. The van der Waals surface area contributed by atoms with Gasteiger partial charge in [-0.3, -0.25) is 4.79 Å². The SMILES string of the molecule is O=C(N[C@H](Cc1ccco1)C(=O)O)c1cc2c(s1)CCCC2. The van der Waals surface area contributed by atoms with Crippen LogP contribution >= 0.6 is 11.3 Å². The number of aliphatic carboxylic acids is 1. The molecule has 0 radical (unpaired) electrons. The molecule has 3 rings (SSSR count). The molecule has 2 aromatic heterocycles. The van der Waals surface area contributed by atoms with Crippen LogP contribution in [-0.2, 0) is 24.1 Å². The minimum atomic E-state index is -1.06. The highest BCUT2D eigenvalue weighted by molar-refractivity contribution is 7.14. The van der Waals surface area contributed by atoms with Gasteiger partial charge in [0, 0.05) is 11.3 Å². The lowest BCUT2D eigenvalue weighted by atomic mass is 9.99. The Labute approximate surface area is 132 Å². The van der Waals surface area contributed by atoms with Crippen molar-refractivity contribution in [2.75, 3.05) is 0 Å². The maximum absolute atomic E-state index is 12.3. The summed E-state index contributed by atoms with van der Waals surface area (Å²) in [6.07, 6.45) is 5.96. The highest BCUT2D eigenvalue weighted by Crippen LogP contribution is 2.29. The Balaban J connectivity index is 1.70. The fourth-order valence-electron chi connectivity index (χ4n) is 2.66. The number of carbonyl (C=O) groups excluding carboxylic acids is 1. The molecule has 0 fully saturated rings. The van der Waals surface area contributed by atoms with Crippen molar-refractivity contribution in [1.29, 1.82) is 0 Å². The minimum absolute atomic E-state index is 0.138. The lowest BCUT2D eigenvalue weighted by Crippen LogP contribution is -2.42. The van der Waals surface area contributed by atoms with Crippen LogP contribution in [0, 0.1) is 0 Å². The van der Waals surface area contributed by atoms with Crippen molar-refractivity contribution >= 4 is 23.2 Å². The van der Waals surface area contributed by atoms with E-state index in [0.29, 0.717) is 10.6 Å². The molecule has 1 aliphatic carbocycles. The van der Waals surface area contributed by atoms with Crippen LogP contribution in [0.3, 0.4) is 0 Å². The number of carboxylic acids is 1. The molecule has 22 heavy (non-hydrogen) atoms. The highest BCUT2D eigenvalue weighted by atomic mass is 32.1. The first-order valence-electron chi connectivity index (χ1n) is 7.31. The summed E-state index contributed by atoms with van der Waals surface area (Å²) >= 11 is 1.48. The number of fused-ring (bicyclic) bond motifs is 1. The lowest BCUT2D eigenvalue weighted by molar-refractivity contribution is -0.139. The smallest absolute Gasteiger partial charge is 0.326 e. The van der Waals surface area contributed by atoms with E-state index in [1.54, 1.807) is 12.1 Å². The van der Waals surface area contributed by atoms with Gasteiger partial charge in [0.25, 0.3) is 5.91 Å². The molecule has 0 aromatic carbocycles. The number of rotatable bonds is 5.